The number of aromatic nitrogens is 4. The minimum Gasteiger partial charge on any atom is -0.339 e. The predicted molar refractivity (Wildman–Crippen MR) is 123 cm³/mol. The van der Waals surface area contributed by atoms with E-state index in [1.165, 1.54) is 22.3 Å². The summed E-state index contributed by atoms with van der Waals surface area (Å²) < 4.78 is 26.7. The first-order valence-corrected chi connectivity index (χ1v) is 12.9. The number of amides is 1. The highest BCUT2D eigenvalue weighted by molar-refractivity contribution is 7.99. The van der Waals surface area contributed by atoms with E-state index < -0.39 is 10.0 Å². The lowest BCUT2D eigenvalue weighted by molar-refractivity contribution is -0.129. The van der Waals surface area contributed by atoms with Gasteiger partial charge >= 0.3 is 0 Å². The number of nitrogens with zero attached hydrogens (tertiary/aromatic N) is 6. The van der Waals surface area contributed by atoms with Gasteiger partial charge in [-0.05, 0) is 31.2 Å². The van der Waals surface area contributed by atoms with Crippen LogP contribution in [0.4, 0.5) is 0 Å². The van der Waals surface area contributed by atoms with E-state index in [0.29, 0.717) is 37.2 Å². The van der Waals surface area contributed by atoms with Gasteiger partial charge in [0.25, 0.3) is 0 Å². The van der Waals surface area contributed by atoms with E-state index in [9.17, 15) is 13.2 Å². The number of rotatable bonds is 6. The van der Waals surface area contributed by atoms with Crippen LogP contribution in [0.2, 0.25) is 0 Å². The molecule has 1 fully saturated rings. The fourth-order valence-electron chi connectivity index (χ4n) is 3.46. The zero-order valence-electron chi connectivity index (χ0n) is 17.9. The summed E-state index contributed by atoms with van der Waals surface area (Å²) in [7, 11) is -3.23. The van der Waals surface area contributed by atoms with E-state index in [0.717, 1.165) is 16.8 Å². The molecule has 168 valence electrons. The first kappa shape index (κ1) is 22.4. The number of thioether (sulfide) groups is 1. The van der Waals surface area contributed by atoms with Gasteiger partial charge in [-0.15, -0.1) is 10.2 Å². The third kappa shape index (κ3) is 5.00. The minimum absolute atomic E-state index is 0.0490. The second-order valence-corrected chi connectivity index (χ2v) is 10.5. The Labute approximate surface area is 191 Å². The second-order valence-electron chi connectivity index (χ2n) is 7.54. The lowest BCUT2D eigenvalue weighted by Gasteiger charge is -2.33. The van der Waals surface area contributed by atoms with Gasteiger partial charge in [-0.2, -0.15) is 4.31 Å². The highest BCUT2D eigenvalue weighted by atomic mass is 32.2. The van der Waals surface area contributed by atoms with Crippen molar-refractivity contribution in [2.24, 2.45) is 0 Å². The van der Waals surface area contributed by atoms with Crippen molar-refractivity contribution >= 4 is 27.7 Å². The quantitative estimate of drug-likeness (QED) is 0.505. The van der Waals surface area contributed by atoms with Gasteiger partial charge in [0.2, 0.25) is 15.9 Å². The molecule has 3 heterocycles. The number of carbonyl (C=O) groups excluding carboxylic acids is 1. The lowest BCUT2D eigenvalue weighted by Crippen LogP contribution is -2.50. The van der Waals surface area contributed by atoms with Crippen LogP contribution in [0.1, 0.15) is 5.56 Å². The van der Waals surface area contributed by atoms with E-state index in [1.54, 1.807) is 17.3 Å². The first-order valence-electron chi connectivity index (χ1n) is 10.1. The van der Waals surface area contributed by atoms with Crippen LogP contribution < -0.4 is 0 Å². The Morgan fingerprint density at radius 3 is 2.28 bits per heavy atom. The van der Waals surface area contributed by atoms with Crippen LogP contribution in [0.5, 0.6) is 0 Å². The predicted octanol–water partition coefficient (Wildman–Crippen LogP) is 1.83. The van der Waals surface area contributed by atoms with Crippen LogP contribution in [-0.2, 0) is 14.8 Å². The monoisotopic (exact) mass is 472 g/mol. The molecular weight excluding hydrogens is 448 g/mol. The van der Waals surface area contributed by atoms with Crippen molar-refractivity contribution in [2.45, 2.75) is 12.1 Å². The first-order chi connectivity index (χ1) is 15.3. The Bertz CT molecular complexity index is 1190. The molecule has 0 radical (unpaired) electrons. The van der Waals surface area contributed by atoms with Crippen LogP contribution in [-0.4, -0.2) is 81.5 Å². The number of pyridine rings is 1. The number of carbonyl (C=O) groups is 1. The molecule has 0 atom stereocenters. The molecule has 0 spiro atoms. The van der Waals surface area contributed by atoms with E-state index in [-0.39, 0.29) is 11.7 Å². The van der Waals surface area contributed by atoms with Crippen molar-refractivity contribution < 1.29 is 13.2 Å². The molecule has 0 bridgehead atoms. The average molecular weight is 473 g/mol. The molecule has 32 heavy (non-hydrogen) atoms. The van der Waals surface area contributed by atoms with Crippen LogP contribution in [0, 0.1) is 6.92 Å². The summed E-state index contributed by atoms with van der Waals surface area (Å²) in [6.07, 6.45) is 4.60. The molecule has 0 saturated carbocycles. The molecule has 3 aromatic rings. The number of aryl methyl sites for hydroxylation is 1. The van der Waals surface area contributed by atoms with Gasteiger partial charge in [0.05, 0.1) is 12.0 Å². The normalized spacial score (nSPS) is 15.1. The van der Waals surface area contributed by atoms with Gasteiger partial charge in [-0.1, -0.05) is 29.5 Å². The van der Waals surface area contributed by atoms with E-state index in [2.05, 4.69) is 15.2 Å². The average Bonchev–Trinajstić information content (AvgIpc) is 3.22. The molecule has 0 aliphatic carbocycles. The maximum absolute atomic E-state index is 12.8. The smallest absolute Gasteiger partial charge is 0.233 e. The van der Waals surface area contributed by atoms with Crippen LogP contribution in [0.25, 0.3) is 17.1 Å². The highest BCUT2D eigenvalue weighted by Crippen LogP contribution is 2.28. The number of sulfonamides is 1. The summed E-state index contributed by atoms with van der Waals surface area (Å²) in [5, 5.41) is 9.34. The third-order valence-corrected chi connectivity index (χ3v) is 7.47. The van der Waals surface area contributed by atoms with Crippen LogP contribution >= 0.6 is 11.8 Å². The van der Waals surface area contributed by atoms with Crippen LogP contribution in [0.3, 0.4) is 0 Å². The van der Waals surface area contributed by atoms with E-state index in [4.69, 9.17) is 0 Å². The topological polar surface area (TPSA) is 101 Å². The summed E-state index contributed by atoms with van der Waals surface area (Å²) in [5.74, 6) is 0.819. The van der Waals surface area contributed by atoms with E-state index in [1.807, 2.05) is 47.9 Å². The van der Waals surface area contributed by atoms with Gasteiger partial charge < -0.3 is 4.90 Å². The van der Waals surface area contributed by atoms with Crippen molar-refractivity contribution in [1.29, 1.82) is 0 Å². The molecule has 1 saturated heterocycles. The van der Waals surface area contributed by atoms with E-state index >= 15 is 0 Å². The summed E-state index contributed by atoms with van der Waals surface area (Å²) in [6.45, 7) is 3.44. The molecule has 1 aliphatic rings. The molecule has 1 aliphatic heterocycles. The zero-order valence-corrected chi connectivity index (χ0v) is 19.5. The maximum atomic E-state index is 12.8. The van der Waals surface area contributed by atoms with Crippen molar-refractivity contribution in [2.75, 3.05) is 38.2 Å². The maximum Gasteiger partial charge on any atom is 0.233 e. The molecular formula is C21H24N6O3S2. The fraction of sp³-hybridized carbons (Fsp3) is 0.333. The molecule has 11 heteroatoms. The SMILES string of the molecule is Cc1ccc(-n2c(SCC(=O)N3CCN(S(C)(=O)=O)CC3)nnc2-c2ccncc2)cc1. The summed E-state index contributed by atoms with van der Waals surface area (Å²) in [6, 6.07) is 11.8. The second kappa shape index (κ2) is 9.39. The lowest BCUT2D eigenvalue weighted by atomic mass is 10.2. The number of hydrogen-bond acceptors (Lipinski definition) is 7. The molecule has 0 N–H and O–H groups in total. The molecule has 2 aromatic heterocycles. The van der Waals surface area contributed by atoms with Gasteiger partial charge in [-0.25, -0.2) is 8.42 Å². The summed E-state index contributed by atoms with van der Waals surface area (Å²) in [5.41, 5.74) is 2.93. The van der Waals surface area contributed by atoms with Crippen molar-refractivity contribution in [1.82, 2.24) is 29.0 Å². The van der Waals surface area contributed by atoms with Crippen LogP contribution in [0.15, 0.2) is 53.9 Å². The van der Waals surface area contributed by atoms with Gasteiger partial charge in [0.1, 0.15) is 0 Å². The Morgan fingerprint density at radius 1 is 1.00 bits per heavy atom. The Morgan fingerprint density at radius 2 is 1.66 bits per heavy atom. The van der Waals surface area contributed by atoms with Crippen molar-refractivity contribution in [3.05, 3.63) is 54.4 Å². The van der Waals surface area contributed by atoms with Gasteiger partial charge in [0, 0.05) is 49.8 Å². The standard InChI is InChI=1S/C21H24N6O3S2/c1-16-3-5-18(6-4-16)27-20(17-7-9-22-10-8-17)23-24-21(27)31-15-19(28)25-11-13-26(14-12-25)32(2,29)30/h3-10H,11-15H2,1-2H3. The Hall–Kier alpha value is -2.76. The minimum atomic E-state index is -3.23. The number of piperazine rings is 1. The summed E-state index contributed by atoms with van der Waals surface area (Å²) >= 11 is 1.32. The molecule has 0 unspecified atom stereocenters. The molecule has 1 aromatic carbocycles. The Kier molecular flexibility index (Phi) is 6.58. The van der Waals surface area contributed by atoms with Crippen molar-refractivity contribution in [3.63, 3.8) is 0 Å². The van der Waals surface area contributed by atoms with Gasteiger partial charge in [-0.3, -0.25) is 14.3 Å². The molecule has 1 amide bonds. The summed E-state index contributed by atoms with van der Waals surface area (Å²) in [4.78, 5) is 18.5. The number of hydrogen-bond donors (Lipinski definition) is 0. The molecule has 4 rings (SSSR count). The van der Waals surface area contributed by atoms with Gasteiger partial charge in [0.15, 0.2) is 11.0 Å². The zero-order chi connectivity index (χ0) is 22.7. The Balaban J connectivity index is 1.52. The number of benzene rings is 1. The largest absolute Gasteiger partial charge is 0.339 e. The molecule has 9 nitrogen and oxygen atoms in total. The fourth-order valence-corrected chi connectivity index (χ4v) is 5.15. The highest BCUT2D eigenvalue weighted by Gasteiger charge is 2.26. The van der Waals surface area contributed by atoms with Crippen molar-refractivity contribution in [3.8, 4) is 17.1 Å². The third-order valence-electron chi connectivity index (χ3n) is 5.25.